The zero-order valence-corrected chi connectivity index (χ0v) is 15.1. The van der Waals surface area contributed by atoms with Crippen molar-refractivity contribution >= 4 is 17.3 Å². The fourth-order valence-corrected chi connectivity index (χ4v) is 3.87. The van der Waals surface area contributed by atoms with Gasteiger partial charge in [0.15, 0.2) is 5.82 Å². The number of thiazole rings is 1. The minimum Gasteiger partial charge on any atom is -0.368 e. The first-order valence-electron chi connectivity index (χ1n) is 8.52. The number of hydrogen-bond acceptors (Lipinski definition) is 9. The van der Waals surface area contributed by atoms with E-state index < -0.39 is 0 Å². The van der Waals surface area contributed by atoms with E-state index in [-0.39, 0.29) is 11.4 Å². The molecule has 1 saturated carbocycles. The van der Waals surface area contributed by atoms with E-state index in [1.54, 1.807) is 24.1 Å². The van der Waals surface area contributed by atoms with Crippen LogP contribution in [-0.4, -0.2) is 30.1 Å². The molecule has 2 N–H and O–H groups in total. The molecule has 0 unspecified atom stereocenters. The second-order valence-corrected chi connectivity index (χ2v) is 7.37. The Hall–Kier alpha value is -3.20. The van der Waals surface area contributed by atoms with Crippen LogP contribution in [0.15, 0.2) is 47.0 Å². The third-order valence-electron chi connectivity index (χ3n) is 4.99. The molecular weight excluding hydrogens is 362 g/mol. The Morgan fingerprint density at radius 1 is 1.04 bits per heavy atom. The smallest absolute Gasteiger partial charge is 0.269 e. The van der Waals surface area contributed by atoms with Gasteiger partial charge in [0.05, 0.1) is 22.8 Å². The second-order valence-electron chi connectivity index (χ2n) is 6.49. The zero-order valence-electron chi connectivity index (χ0n) is 14.2. The summed E-state index contributed by atoms with van der Waals surface area (Å²) >= 11 is 1.48. The minimum absolute atomic E-state index is 0.240. The van der Waals surface area contributed by atoms with Crippen molar-refractivity contribution < 1.29 is 4.52 Å². The van der Waals surface area contributed by atoms with Crippen LogP contribution in [0.2, 0.25) is 0 Å². The van der Waals surface area contributed by atoms with Gasteiger partial charge in [-0.2, -0.15) is 4.98 Å². The molecule has 0 amide bonds. The highest BCUT2D eigenvalue weighted by molar-refractivity contribution is 7.13. The molecule has 134 valence electrons. The Bertz CT molecular complexity index is 1050. The molecule has 0 radical (unpaired) electrons. The normalized spacial score (nSPS) is 15.4. The fourth-order valence-electron chi connectivity index (χ4n) is 3.33. The second kappa shape index (κ2) is 6.20. The topological polar surface area (TPSA) is 116 Å². The van der Waals surface area contributed by atoms with Crippen LogP contribution in [0.1, 0.15) is 30.7 Å². The van der Waals surface area contributed by atoms with Gasteiger partial charge in [0.1, 0.15) is 4.88 Å². The molecule has 1 aliphatic carbocycles. The average Bonchev–Trinajstić information content (AvgIpc) is 3.34. The van der Waals surface area contributed by atoms with Crippen molar-refractivity contribution in [3.05, 3.63) is 53.8 Å². The zero-order chi connectivity index (χ0) is 18.3. The molecule has 8 nitrogen and oxygen atoms in total. The van der Waals surface area contributed by atoms with Crippen LogP contribution >= 0.6 is 11.3 Å². The van der Waals surface area contributed by atoms with Gasteiger partial charge in [-0.25, -0.2) is 9.97 Å². The van der Waals surface area contributed by atoms with E-state index in [1.807, 2.05) is 12.3 Å². The summed E-state index contributed by atoms with van der Waals surface area (Å²) in [5.41, 5.74) is 9.77. The number of anilines is 1. The van der Waals surface area contributed by atoms with E-state index >= 15 is 0 Å². The Morgan fingerprint density at radius 2 is 1.89 bits per heavy atom. The molecule has 4 heterocycles. The Labute approximate surface area is 158 Å². The van der Waals surface area contributed by atoms with Crippen molar-refractivity contribution in [2.45, 2.75) is 24.7 Å². The SMILES string of the molecule is Nc1ncc(-c2ccc(C3(c4noc(-c5cncs5)n4)CCC3)cn2)cn1. The first kappa shape index (κ1) is 16.0. The molecular formula is C18H15N7OS. The quantitative estimate of drug-likeness (QED) is 0.576. The summed E-state index contributed by atoms with van der Waals surface area (Å²) in [7, 11) is 0. The molecule has 5 rings (SSSR count). The number of pyridine rings is 1. The monoisotopic (exact) mass is 377 g/mol. The molecule has 4 aromatic heterocycles. The molecule has 0 aliphatic heterocycles. The Morgan fingerprint density at radius 3 is 2.52 bits per heavy atom. The predicted molar refractivity (Wildman–Crippen MR) is 99.7 cm³/mol. The van der Waals surface area contributed by atoms with E-state index in [9.17, 15) is 0 Å². The lowest BCUT2D eigenvalue weighted by molar-refractivity contribution is 0.272. The molecule has 0 spiro atoms. The van der Waals surface area contributed by atoms with Crippen LogP contribution < -0.4 is 5.73 Å². The molecule has 1 aliphatic rings. The van der Waals surface area contributed by atoms with Crippen LogP contribution in [0.3, 0.4) is 0 Å². The first-order chi connectivity index (χ1) is 13.2. The molecule has 0 saturated heterocycles. The minimum atomic E-state index is -0.240. The lowest BCUT2D eigenvalue weighted by Crippen LogP contribution is -2.36. The molecule has 9 heteroatoms. The van der Waals surface area contributed by atoms with Crippen LogP contribution in [0, 0.1) is 0 Å². The van der Waals surface area contributed by atoms with Crippen molar-refractivity contribution in [2.24, 2.45) is 0 Å². The Balaban J connectivity index is 1.47. The van der Waals surface area contributed by atoms with Crippen molar-refractivity contribution in [1.29, 1.82) is 0 Å². The largest absolute Gasteiger partial charge is 0.368 e. The van der Waals surface area contributed by atoms with Crippen molar-refractivity contribution in [3.8, 4) is 22.0 Å². The van der Waals surface area contributed by atoms with Crippen LogP contribution in [-0.2, 0) is 5.41 Å². The van der Waals surface area contributed by atoms with Gasteiger partial charge in [-0.1, -0.05) is 17.6 Å². The van der Waals surface area contributed by atoms with Gasteiger partial charge in [0.25, 0.3) is 5.89 Å². The predicted octanol–water partition coefficient (Wildman–Crippen LogP) is 3.10. The third-order valence-corrected chi connectivity index (χ3v) is 5.75. The highest BCUT2D eigenvalue weighted by Crippen LogP contribution is 2.48. The highest BCUT2D eigenvalue weighted by Gasteiger charge is 2.45. The molecule has 1 fully saturated rings. The summed E-state index contributed by atoms with van der Waals surface area (Å²) < 4.78 is 5.48. The number of hydrogen-bond donors (Lipinski definition) is 1. The maximum atomic E-state index is 5.54. The summed E-state index contributed by atoms with van der Waals surface area (Å²) in [6.07, 6.45) is 10.0. The molecule has 0 atom stereocenters. The van der Waals surface area contributed by atoms with Gasteiger partial charge < -0.3 is 10.3 Å². The third kappa shape index (κ3) is 2.67. The van der Waals surface area contributed by atoms with Crippen LogP contribution in [0.25, 0.3) is 22.0 Å². The molecule has 27 heavy (non-hydrogen) atoms. The molecule has 4 aromatic rings. The van der Waals surface area contributed by atoms with Crippen molar-refractivity contribution in [1.82, 2.24) is 30.1 Å². The summed E-state index contributed by atoms with van der Waals surface area (Å²) in [5.74, 6) is 1.47. The summed E-state index contributed by atoms with van der Waals surface area (Å²) in [6, 6.07) is 4.04. The number of nitrogens with two attached hydrogens (primary N) is 1. The lowest BCUT2D eigenvalue weighted by atomic mass is 9.64. The summed E-state index contributed by atoms with van der Waals surface area (Å²) in [4.78, 5) is 22.2. The standard InChI is InChI=1S/C18H15N7OS/c19-17-22-6-11(7-23-17)13-3-2-12(8-21-13)18(4-1-5-18)16-24-15(26-25-16)14-9-20-10-27-14/h2-3,6-10H,1,4-5H2,(H2,19,22,23). The lowest BCUT2D eigenvalue weighted by Gasteiger charge is -2.39. The van der Waals surface area contributed by atoms with Gasteiger partial charge in [-0.3, -0.25) is 9.97 Å². The highest BCUT2D eigenvalue weighted by atomic mass is 32.1. The Kier molecular flexibility index (Phi) is 3.68. The van der Waals surface area contributed by atoms with E-state index in [0.29, 0.717) is 11.7 Å². The van der Waals surface area contributed by atoms with Gasteiger partial charge in [0, 0.05) is 24.2 Å². The van der Waals surface area contributed by atoms with E-state index in [1.165, 1.54) is 11.3 Å². The average molecular weight is 377 g/mol. The maximum Gasteiger partial charge on any atom is 0.269 e. The van der Waals surface area contributed by atoms with Crippen molar-refractivity contribution in [2.75, 3.05) is 5.73 Å². The summed E-state index contributed by atoms with van der Waals surface area (Å²) in [6.45, 7) is 0. The first-order valence-corrected chi connectivity index (χ1v) is 9.40. The number of aromatic nitrogens is 6. The van der Waals surface area contributed by atoms with Crippen LogP contribution in [0.5, 0.6) is 0 Å². The summed E-state index contributed by atoms with van der Waals surface area (Å²) in [5, 5.41) is 4.26. The van der Waals surface area contributed by atoms with Gasteiger partial charge in [0.2, 0.25) is 5.95 Å². The molecule has 0 aromatic carbocycles. The van der Waals surface area contributed by atoms with Gasteiger partial charge in [-0.15, -0.1) is 11.3 Å². The number of nitrogen functional groups attached to an aromatic ring is 1. The maximum absolute atomic E-state index is 5.54. The van der Waals surface area contributed by atoms with E-state index in [4.69, 9.17) is 10.3 Å². The van der Waals surface area contributed by atoms with E-state index in [2.05, 4.69) is 36.1 Å². The van der Waals surface area contributed by atoms with Gasteiger partial charge in [-0.05, 0) is 24.5 Å². The number of nitrogens with zero attached hydrogens (tertiary/aromatic N) is 6. The van der Waals surface area contributed by atoms with Crippen LogP contribution in [0.4, 0.5) is 5.95 Å². The molecule has 0 bridgehead atoms. The fraction of sp³-hybridized carbons (Fsp3) is 0.222. The van der Waals surface area contributed by atoms with Gasteiger partial charge >= 0.3 is 0 Å². The number of rotatable bonds is 4. The van der Waals surface area contributed by atoms with Crippen molar-refractivity contribution in [3.63, 3.8) is 0 Å². The van der Waals surface area contributed by atoms with E-state index in [0.717, 1.165) is 41.0 Å².